The maximum absolute atomic E-state index is 6.68. The van der Waals surface area contributed by atoms with Gasteiger partial charge in [0.15, 0.2) is 0 Å². The molecule has 2 aliphatic heterocycles. The number of rotatable bonds is 9. The van der Waals surface area contributed by atoms with E-state index in [2.05, 4.69) is 74.5 Å². The predicted octanol–water partition coefficient (Wildman–Crippen LogP) is 8.41. The molecule has 0 bridgehead atoms. The fraction of sp³-hybridized carbons (Fsp3) is 0.667. The van der Waals surface area contributed by atoms with Crippen LogP contribution in [0.1, 0.15) is 107 Å². The molecule has 0 saturated carbocycles. The highest BCUT2D eigenvalue weighted by Gasteiger charge is 2.46. The average molecular weight is 439 g/mol. The van der Waals surface area contributed by atoms with Gasteiger partial charge in [-0.1, -0.05) is 23.3 Å². The molecule has 0 aromatic heterocycles. The Morgan fingerprint density at radius 3 is 2.12 bits per heavy atom. The first-order chi connectivity index (χ1) is 14.9. The van der Waals surface area contributed by atoms with Gasteiger partial charge >= 0.3 is 0 Å². The number of benzene rings is 1. The lowest BCUT2D eigenvalue weighted by Crippen LogP contribution is -2.37. The van der Waals surface area contributed by atoms with Crippen LogP contribution >= 0.6 is 0 Å². The van der Waals surface area contributed by atoms with Gasteiger partial charge in [0, 0.05) is 0 Å². The van der Waals surface area contributed by atoms with Gasteiger partial charge in [-0.3, -0.25) is 0 Å². The Balaban J connectivity index is 1.46. The van der Waals surface area contributed by atoms with Gasteiger partial charge in [-0.15, -0.1) is 0 Å². The van der Waals surface area contributed by atoms with Crippen LogP contribution in [0.4, 0.5) is 0 Å². The van der Waals surface area contributed by atoms with Crippen LogP contribution in [0.2, 0.25) is 0 Å². The lowest BCUT2D eigenvalue weighted by molar-refractivity contribution is 0.0560. The molecular formula is C30H46O2. The standard InChI is InChI=1S/C30H46O2/c1-20(12-10-13-21(2)15-16-27-29(7,8)31-27)14-11-18-30(9)19-17-26-24(5)22(3)23(4)25(6)28(26)32-30/h13-14,27H,10-12,15-19H2,1-9H3/b20-14+,21-13+/t27?,30-/m0/s1. The summed E-state index contributed by atoms with van der Waals surface area (Å²) in [4.78, 5) is 0. The van der Waals surface area contributed by atoms with Crippen molar-refractivity contribution < 1.29 is 9.47 Å². The van der Waals surface area contributed by atoms with Gasteiger partial charge in [0.1, 0.15) is 11.4 Å². The second-order valence-corrected chi connectivity index (χ2v) is 11.3. The molecule has 0 aliphatic carbocycles. The van der Waals surface area contributed by atoms with Crippen LogP contribution in [0.15, 0.2) is 23.3 Å². The summed E-state index contributed by atoms with van der Waals surface area (Å²) in [5.41, 5.74) is 10.1. The van der Waals surface area contributed by atoms with Crippen molar-refractivity contribution >= 4 is 0 Å². The van der Waals surface area contributed by atoms with Crippen molar-refractivity contribution in [3.63, 3.8) is 0 Å². The van der Waals surface area contributed by atoms with E-state index in [-0.39, 0.29) is 11.2 Å². The average Bonchev–Trinajstić information content (AvgIpc) is 3.35. The Kier molecular flexibility index (Phi) is 7.65. The third kappa shape index (κ3) is 5.87. The highest BCUT2D eigenvalue weighted by molar-refractivity contribution is 5.55. The molecule has 2 heterocycles. The van der Waals surface area contributed by atoms with Crippen LogP contribution in [-0.4, -0.2) is 17.3 Å². The van der Waals surface area contributed by atoms with Crippen molar-refractivity contribution in [2.24, 2.45) is 0 Å². The van der Waals surface area contributed by atoms with E-state index in [4.69, 9.17) is 9.47 Å². The number of hydrogen-bond acceptors (Lipinski definition) is 2. The maximum atomic E-state index is 6.68. The highest BCUT2D eigenvalue weighted by atomic mass is 16.6. The Morgan fingerprint density at radius 2 is 1.47 bits per heavy atom. The van der Waals surface area contributed by atoms with Crippen molar-refractivity contribution in [1.82, 2.24) is 0 Å². The second-order valence-electron chi connectivity index (χ2n) is 11.3. The van der Waals surface area contributed by atoms with Crippen LogP contribution in [0.3, 0.4) is 0 Å². The first-order valence-electron chi connectivity index (χ1n) is 12.7. The molecule has 0 amide bonds. The van der Waals surface area contributed by atoms with E-state index < -0.39 is 0 Å². The predicted molar refractivity (Wildman–Crippen MR) is 137 cm³/mol. The zero-order chi connectivity index (χ0) is 23.7. The summed E-state index contributed by atoms with van der Waals surface area (Å²) in [5.74, 6) is 1.17. The number of ether oxygens (including phenoxy) is 2. The number of fused-ring (bicyclic) bond motifs is 1. The lowest BCUT2D eigenvalue weighted by atomic mass is 9.83. The van der Waals surface area contributed by atoms with Crippen molar-refractivity contribution in [3.8, 4) is 5.75 Å². The van der Waals surface area contributed by atoms with E-state index in [9.17, 15) is 0 Å². The van der Waals surface area contributed by atoms with Crippen LogP contribution in [0, 0.1) is 27.7 Å². The van der Waals surface area contributed by atoms with Gasteiger partial charge in [0.25, 0.3) is 0 Å². The fourth-order valence-electron chi connectivity index (χ4n) is 5.13. The minimum absolute atomic E-state index is 0.0577. The van der Waals surface area contributed by atoms with Crippen LogP contribution < -0.4 is 4.74 Å². The van der Waals surface area contributed by atoms with Crippen LogP contribution in [0.5, 0.6) is 5.75 Å². The topological polar surface area (TPSA) is 21.8 Å². The minimum Gasteiger partial charge on any atom is -0.487 e. The third-order valence-corrected chi connectivity index (χ3v) is 8.17. The summed E-state index contributed by atoms with van der Waals surface area (Å²) < 4.78 is 12.4. The molecule has 2 nitrogen and oxygen atoms in total. The molecule has 3 rings (SSSR count). The minimum atomic E-state index is -0.0577. The Hall–Kier alpha value is -1.54. The molecule has 2 heteroatoms. The van der Waals surface area contributed by atoms with E-state index in [1.807, 2.05) is 0 Å². The zero-order valence-electron chi connectivity index (χ0n) is 22.2. The number of hydrogen-bond donors (Lipinski definition) is 0. The van der Waals surface area contributed by atoms with E-state index in [0.29, 0.717) is 6.10 Å². The maximum Gasteiger partial charge on any atom is 0.126 e. The smallest absolute Gasteiger partial charge is 0.126 e. The fourth-order valence-corrected chi connectivity index (χ4v) is 5.13. The van der Waals surface area contributed by atoms with Crippen molar-refractivity contribution in [2.45, 2.75) is 131 Å². The SMILES string of the molecule is C/C(=C\CC[C@@]1(C)CCc2c(C)c(C)c(C)c(C)c2O1)CC/C=C(\C)CCC1OC1(C)C. The van der Waals surface area contributed by atoms with Crippen molar-refractivity contribution in [2.75, 3.05) is 0 Å². The zero-order valence-corrected chi connectivity index (χ0v) is 22.2. The molecule has 1 fully saturated rings. The molecule has 0 N–H and O–H groups in total. The summed E-state index contributed by atoms with van der Waals surface area (Å²) in [7, 11) is 0. The monoisotopic (exact) mass is 438 g/mol. The quantitative estimate of drug-likeness (QED) is 0.285. The lowest BCUT2D eigenvalue weighted by Gasteiger charge is -2.38. The second kappa shape index (κ2) is 9.75. The molecule has 2 atom stereocenters. The summed E-state index contributed by atoms with van der Waals surface area (Å²) in [5, 5.41) is 0. The first-order valence-corrected chi connectivity index (χ1v) is 12.7. The molecular weight excluding hydrogens is 392 g/mol. The largest absolute Gasteiger partial charge is 0.487 e. The van der Waals surface area contributed by atoms with Gasteiger partial charge in [0.05, 0.1) is 11.7 Å². The van der Waals surface area contributed by atoms with Gasteiger partial charge in [0.2, 0.25) is 0 Å². The van der Waals surface area contributed by atoms with E-state index in [0.717, 1.165) is 51.4 Å². The van der Waals surface area contributed by atoms with Gasteiger partial charge in [-0.25, -0.2) is 0 Å². The summed E-state index contributed by atoms with van der Waals surface area (Å²) in [6.07, 6.45) is 14.4. The van der Waals surface area contributed by atoms with Crippen molar-refractivity contribution in [3.05, 3.63) is 51.1 Å². The van der Waals surface area contributed by atoms with Crippen molar-refractivity contribution in [1.29, 1.82) is 0 Å². The molecule has 0 radical (unpaired) electrons. The summed E-state index contributed by atoms with van der Waals surface area (Å²) in [6.45, 7) is 20.2. The summed E-state index contributed by atoms with van der Waals surface area (Å²) in [6, 6.07) is 0. The van der Waals surface area contributed by atoms with E-state index in [1.165, 1.54) is 44.7 Å². The molecule has 2 aliphatic rings. The summed E-state index contributed by atoms with van der Waals surface area (Å²) >= 11 is 0. The third-order valence-electron chi connectivity index (χ3n) is 8.17. The molecule has 1 saturated heterocycles. The number of epoxide rings is 1. The Labute approximate surface area is 197 Å². The van der Waals surface area contributed by atoms with Crippen LogP contribution in [0.25, 0.3) is 0 Å². The molecule has 1 aromatic rings. The highest BCUT2D eigenvalue weighted by Crippen LogP contribution is 2.42. The molecule has 178 valence electrons. The van der Waals surface area contributed by atoms with Crippen LogP contribution in [-0.2, 0) is 11.2 Å². The normalized spacial score (nSPS) is 24.8. The Morgan fingerprint density at radius 1 is 0.875 bits per heavy atom. The Bertz CT molecular complexity index is 902. The number of allylic oxidation sites excluding steroid dienone is 4. The van der Waals surface area contributed by atoms with Gasteiger partial charge in [-0.05, 0) is 141 Å². The van der Waals surface area contributed by atoms with Gasteiger partial charge in [-0.2, -0.15) is 0 Å². The molecule has 1 unspecified atom stereocenters. The van der Waals surface area contributed by atoms with E-state index >= 15 is 0 Å². The first kappa shape index (κ1) is 25.1. The van der Waals surface area contributed by atoms with E-state index in [1.54, 1.807) is 0 Å². The molecule has 0 spiro atoms. The molecule has 1 aromatic carbocycles. The molecule has 32 heavy (non-hydrogen) atoms. The van der Waals surface area contributed by atoms with Gasteiger partial charge < -0.3 is 9.47 Å².